The summed E-state index contributed by atoms with van der Waals surface area (Å²) in [6.45, 7) is 6.53. The van der Waals surface area contributed by atoms with Crippen molar-refractivity contribution in [2.75, 3.05) is 18.6 Å². The molecule has 0 saturated carbocycles. The quantitative estimate of drug-likeness (QED) is 0.200. The highest BCUT2D eigenvalue weighted by Gasteiger charge is 2.69. The zero-order valence-electron chi connectivity index (χ0n) is 25.4. The summed E-state index contributed by atoms with van der Waals surface area (Å²) in [6.07, 6.45) is -0.597. The summed E-state index contributed by atoms with van der Waals surface area (Å²) in [4.78, 5) is 2.67. The second-order valence-electron chi connectivity index (χ2n) is 12.1. The molecule has 0 radical (unpaired) electrons. The number of aryl methyl sites for hydroxylation is 2. The van der Waals surface area contributed by atoms with E-state index in [0.717, 1.165) is 44.8 Å². The Balaban J connectivity index is 1.59. The summed E-state index contributed by atoms with van der Waals surface area (Å²) < 4.78 is 37.2. The molecule has 2 aliphatic heterocycles. The van der Waals surface area contributed by atoms with Crippen molar-refractivity contribution in [1.29, 1.82) is 0 Å². The number of hydrogen-bond acceptors (Lipinski definition) is 4. The number of sulfonamides is 1. The van der Waals surface area contributed by atoms with Gasteiger partial charge in [0.15, 0.2) is 0 Å². The lowest BCUT2D eigenvalue weighted by Crippen LogP contribution is -2.54. The maximum absolute atomic E-state index is 14.8. The molecule has 0 N–H and O–H groups in total. The first-order valence-electron chi connectivity index (χ1n) is 15.0. The zero-order chi connectivity index (χ0) is 30.7. The Labute approximate surface area is 260 Å². The van der Waals surface area contributed by atoms with Crippen LogP contribution in [0.3, 0.4) is 0 Å². The van der Waals surface area contributed by atoms with Crippen LogP contribution >= 0.6 is 0 Å². The van der Waals surface area contributed by atoms with Crippen molar-refractivity contribution >= 4 is 15.7 Å². The van der Waals surface area contributed by atoms with Gasteiger partial charge in [0.1, 0.15) is 11.9 Å². The number of rotatable bonds is 6. The molecule has 44 heavy (non-hydrogen) atoms. The fourth-order valence-corrected chi connectivity index (χ4v) is 9.04. The fourth-order valence-electron chi connectivity index (χ4n) is 7.45. The molecular weight excluding hydrogens is 564 g/mol. The van der Waals surface area contributed by atoms with Gasteiger partial charge in [-0.2, -0.15) is 4.31 Å². The lowest BCUT2D eigenvalue weighted by atomic mass is 9.62. The van der Waals surface area contributed by atoms with Crippen molar-refractivity contribution in [3.63, 3.8) is 0 Å². The minimum atomic E-state index is -3.93. The number of nitrogens with zero attached hydrogens (tertiary/aromatic N) is 2. The van der Waals surface area contributed by atoms with Gasteiger partial charge in [0.05, 0.1) is 17.5 Å². The van der Waals surface area contributed by atoms with Gasteiger partial charge in [-0.05, 0) is 73.4 Å². The van der Waals surface area contributed by atoms with Crippen molar-refractivity contribution in [2.45, 2.75) is 42.8 Å². The molecule has 222 valence electrons. The third kappa shape index (κ3) is 3.98. The molecule has 0 aliphatic carbocycles. The maximum atomic E-state index is 14.8. The molecule has 2 heterocycles. The second-order valence-corrected chi connectivity index (χ2v) is 14.0. The standard InChI is InChI=1S/C38H36N2O3S/c1-27-15-19-29(20-16-27)36-39(44(41,42)33-22-17-28(2)18-23-33)26-38(31-13-9-6-10-14-31)37(3,30-11-7-5-8-12-30)34-25-32(43-4)21-24-35(34)40(36)38/h5-25,36H,26H2,1-4H3/t36-,37-,38-/m1/s1. The van der Waals surface area contributed by atoms with E-state index in [9.17, 15) is 8.42 Å². The average molecular weight is 601 g/mol. The summed E-state index contributed by atoms with van der Waals surface area (Å²) in [5, 5.41) is 0. The van der Waals surface area contributed by atoms with Crippen LogP contribution in [0.5, 0.6) is 5.75 Å². The lowest BCUT2D eigenvalue weighted by molar-refractivity contribution is 0.306. The molecule has 2 aliphatic rings. The number of hydrogen-bond donors (Lipinski definition) is 0. The molecule has 0 spiro atoms. The van der Waals surface area contributed by atoms with Gasteiger partial charge < -0.3 is 9.64 Å². The van der Waals surface area contributed by atoms with Crippen LogP contribution in [0.15, 0.2) is 132 Å². The van der Waals surface area contributed by atoms with Crippen LogP contribution < -0.4 is 9.64 Å². The van der Waals surface area contributed by atoms with Crippen LogP contribution in [0.25, 0.3) is 0 Å². The SMILES string of the molecule is COc1ccc2c(c1)[C@@](C)(c1ccccc1)[C@]1(c3ccccc3)CN(S(=O)(=O)c3ccc(C)cc3)[C@@H](c3ccc(C)cc3)N21. The lowest BCUT2D eigenvalue weighted by Gasteiger charge is -2.46. The third-order valence-corrected chi connectivity index (χ3v) is 11.6. The van der Waals surface area contributed by atoms with Gasteiger partial charge in [-0.1, -0.05) is 108 Å². The van der Waals surface area contributed by atoms with Crippen LogP contribution in [0.4, 0.5) is 5.69 Å². The van der Waals surface area contributed by atoms with E-state index in [0.29, 0.717) is 4.90 Å². The molecule has 0 amide bonds. The number of methoxy groups -OCH3 is 1. The molecule has 5 aromatic rings. The Hall–Kier alpha value is -4.39. The minimum absolute atomic E-state index is 0.244. The van der Waals surface area contributed by atoms with Crippen LogP contribution in [0, 0.1) is 13.8 Å². The van der Waals surface area contributed by atoms with E-state index in [1.54, 1.807) is 23.5 Å². The van der Waals surface area contributed by atoms with E-state index < -0.39 is 27.1 Å². The Morgan fingerprint density at radius 3 is 1.89 bits per heavy atom. The molecule has 3 atom stereocenters. The van der Waals surface area contributed by atoms with E-state index in [1.165, 1.54) is 0 Å². The van der Waals surface area contributed by atoms with Crippen LogP contribution in [0.2, 0.25) is 0 Å². The molecular formula is C38H36N2O3S. The average Bonchev–Trinajstić information content (AvgIpc) is 3.53. The van der Waals surface area contributed by atoms with E-state index in [2.05, 4.69) is 104 Å². The molecule has 0 bridgehead atoms. The van der Waals surface area contributed by atoms with Crippen LogP contribution in [-0.4, -0.2) is 26.4 Å². The second kappa shape index (κ2) is 10.4. The first-order chi connectivity index (χ1) is 21.2. The van der Waals surface area contributed by atoms with Crippen molar-refractivity contribution in [3.05, 3.63) is 161 Å². The summed E-state index contributed by atoms with van der Waals surface area (Å²) >= 11 is 0. The normalized spacial score (nSPS) is 22.9. The molecule has 5 aromatic carbocycles. The van der Waals surface area contributed by atoms with Crippen molar-refractivity contribution in [2.24, 2.45) is 0 Å². The molecule has 7 rings (SSSR count). The smallest absolute Gasteiger partial charge is 0.245 e. The Morgan fingerprint density at radius 2 is 1.30 bits per heavy atom. The summed E-state index contributed by atoms with van der Waals surface area (Å²) in [7, 11) is -2.24. The van der Waals surface area contributed by atoms with Crippen LogP contribution in [0.1, 0.15) is 46.5 Å². The number of fused-ring (bicyclic) bond motifs is 3. The Morgan fingerprint density at radius 1 is 0.727 bits per heavy atom. The van der Waals surface area contributed by atoms with E-state index >= 15 is 0 Å². The highest BCUT2D eigenvalue weighted by atomic mass is 32.2. The van der Waals surface area contributed by atoms with E-state index in [4.69, 9.17) is 4.74 Å². The fraction of sp³-hybridized carbons (Fsp3) is 0.211. The van der Waals surface area contributed by atoms with E-state index in [1.807, 2.05) is 37.3 Å². The first kappa shape index (κ1) is 28.4. The predicted octanol–water partition coefficient (Wildman–Crippen LogP) is 7.74. The molecule has 1 fully saturated rings. The monoisotopic (exact) mass is 600 g/mol. The molecule has 0 aromatic heterocycles. The number of anilines is 1. The van der Waals surface area contributed by atoms with Crippen LogP contribution in [-0.2, 0) is 21.0 Å². The van der Waals surface area contributed by atoms with Gasteiger partial charge in [-0.3, -0.25) is 0 Å². The summed E-state index contributed by atoms with van der Waals surface area (Å²) in [6, 6.07) is 42.6. The zero-order valence-corrected chi connectivity index (χ0v) is 26.3. The Bertz CT molecular complexity index is 1930. The van der Waals surface area contributed by atoms with Gasteiger partial charge in [0, 0.05) is 17.6 Å². The van der Waals surface area contributed by atoms with Gasteiger partial charge >= 0.3 is 0 Å². The van der Waals surface area contributed by atoms with Gasteiger partial charge in [0.2, 0.25) is 10.0 Å². The molecule has 1 saturated heterocycles. The highest BCUT2D eigenvalue weighted by molar-refractivity contribution is 7.89. The minimum Gasteiger partial charge on any atom is -0.497 e. The van der Waals surface area contributed by atoms with Crippen molar-refractivity contribution in [3.8, 4) is 5.75 Å². The van der Waals surface area contributed by atoms with Gasteiger partial charge in [-0.15, -0.1) is 0 Å². The number of ether oxygens (including phenoxy) is 1. The molecule has 0 unspecified atom stereocenters. The largest absolute Gasteiger partial charge is 0.497 e. The summed E-state index contributed by atoms with van der Waals surface area (Å²) in [5.41, 5.74) is 5.87. The predicted molar refractivity (Wildman–Crippen MR) is 175 cm³/mol. The van der Waals surface area contributed by atoms with Crippen molar-refractivity contribution in [1.82, 2.24) is 4.31 Å². The topological polar surface area (TPSA) is 49.9 Å². The summed E-state index contributed by atoms with van der Waals surface area (Å²) in [5.74, 6) is 0.770. The Kier molecular flexibility index (Phi) is 6.68. The highest BCUT2D eigenvalue weighted by Crippen LogP contribution is 2.66. The third-order valence-electron chi connectivity index (χ3n) is 9.75. The maximum Gasteiger partial charge on any atom is 0.245 e. The molecule has 5 nitrogen and oxygen atoms in total. The first-order valence-corrected chi connectivity index (χ1v) is 16.4. The van der Waals surface area contributed by atoms with Crippen molar-refractivity contribution < 1.29 is 13.2 Å². The van der Waals surface area contributed by atoms with Gasteiger partial charge in [0.25, 0.3) is 0 Å². The van der Waals surface area contributed by atoms with E-state index in [-0.39, 0.29) is 6.54 Å². The number of benzene rings is 5. The van der Waals surface area contributed by atoms with Gasteiger partial charge in [-0.25, -0.2) is 8.42 Å². The molecule has 6 heteroatoms.